The Morgan fingerprint density at radius 3 is 2.72 bits per heavy atom. The Hall–Kier alpha value is -1.75. The van der Waals surface area contributed by atoms with Crippen molar-refractivity contribution in [3.8, 4) is 5.75 Å². The van der Waals surface area contributed by atoms with E-state index in [-0.39, 0.29) is 11.8 Å². The van der Waals surface area contributed by atoms with Crippen LogP contribution in [0, 0.1) is 5.92 Å². The lowest BCUT2D eigenvalue weighted by Gasteiger charge is -2.36. The SMILES string of the molecule is O=C(N[C@@H]1CCN2CCC[C@H]2C1)N(Cc1ccc(O)cc1)CC1CC1. The van der Waals surface area contributed by atoms with Gasteiger partial charge in [0.1, 0.15) is 5.75 Å². The van der Waals surface area contributed by atoms with Gasteiger partial charge in [-0.05, 0) is 68.7 Å². The number of benzene rings is 1. The third-order valence-corrected chi connectivity index (χ3v) is 5.92. The Bertz CT molecular complexity index is 599. The van der Waals surface area contributed by atoms with E-state index in [1.807, 2.05) is 17.0 Å². The molecular formula is C20H29N3O2. The summed E-state index contributed by atoms with van der Waals surface area (Å²) in [7, 11) is 0. The molecule has 1 aliphatic carbocycles. The Morgan fingerprint density at radius 1 is 1.16 bits per heavy atom. The zero-order valence-electron chi connectivity index (χ0n) is 14.9. The minimum atomic E-state index is 0.0800. The molecule has 3 aliphatic rings. The summed E-state index contributed by atoms with van der Waals surface area (Å²) in [6.45, 7) is 3.82. The predicted molar refractivity (Wildman–Crippen MR) is 97.4 cm³/mol. The number of carbonyl (C=O) groups is 1. The average molecular weight is 343 g/mol. The second-order valence-electron chi connectivity index (χ2n) is 7.99. The molecule has 1 aromatic carbocycles. The lowest BCUT2D eigenvalue weighted by Crippen LogP contribution is -2.51. The van der Waals surface area contributed by atoms with Crippen molar-refractivity contribution in [3.63, 3.8) is 0 Å². The quantitative estimate of drug-likeness (QED) is 0.864. The van der Waals surface area contributed by atoms with Crippen LogP contribution in [-0.4, -0.2) is 52.7 Å². The van der Waals surface area contributed by atoms with Crippen LogP contribution in [0.15, 0.2) is 24.3 Å². The Morgan fingerprint density at radius 2 is 1.96 bits per heavy atom. The van der Waals surface area contributed by atoms with Gasteiger partial charge in [-0.25, -0.2) is 4.79 Å². The predicted octanol–water partition coefficient (Wildman–Crippen LogP) is 2.94. The first-order chi connectivity index (χ1) is 12.2. The van der Waals surface area contributed by atoms with Gasteiger partial charge in [0.05, 0.1) is 0 Å². The molecule has 0 bridgehead atoms. The second-order valence-corrected chi connectivity index (χ2v) is 7.99. The molecule has 25 heavy (non-hydrogen) atoms. The highest BCUT2D eigenvalue weighted by Crippen LogP contribution is 2.31. The van der Waals surface area contributed by atoms with E-state index < -0.39 is 0 Å². The number of urea groups is 1. The Kier molecular flexibility index (Phi) is 4.84. The van der Waals surface area contributed by atoms with Crippen molar-refractivity contribution in [3.05, 3.63) is 29.8 Å². The number of hydrogen-bond donors (Lipinski definition) is 2. The summed E-state index contributed by atoms with van der Waals surface area (Å²) in [5.41, 5.74) is 1.07. The van der Waals surface area contributed by atoms with E-state index in [2.05, 4.69) is 10.2 Å². The third-order valence-electron chi connectivity index (χ3n) is 5.92. The van der Waals surface area contributed by atoms with E-state index in [1.165, 1.54) is 32.2 Å². The molecule has 2 N–H and O–H groups in total. The number of phenols is 1. The minimum Gasteiger partial charge on any atom is -0.508 e. The number of nitrogens with zero attached hydrogens (tertiary/aromatic N) is 2. The van der Waals surface area contributed by atoms with E-state index in [9.17, 15) is 9.90 Å². The lowest BCUT2D eigenvalue weighted by molar-refractivity contribution is 0.152. The van der Waals surface area contributed by atoms with Crippen LogP contribution in [0.5, 0.6) is 5.75 Å². The highest BCUT2D eigenvalue weighted by atomic mass is 16.3. The lowest BCUT2D eigenvalue weighted by atomic mass is 9.98. The Balaban J connectivity index is 1.36. The zero-order valence-corrected chi connectivity index (χ0v) is 14.9. The number of carbonyl (C=O) groups excluding carboxylic acids is 1. The van der Waals surface area contributed by atoms with Crippen molar-refractivity contribution in [2.24, 2.45) is 5.92 Å². The van der Waals surface area contributed by atoms with Gasteiger partial charge in [0.2, 0.25) is 0 Å². The molecule has 3 fully saturated rings. The van der Waals surface area contributed by atoms with Gasteiger partial charge in [0, 0.05) is 31.7 Å². The molecule has 0 spiro atoms. The van der Waals surface area contributed by atoms with Crippen LogP contribution in [0.25, 0.3) is 0 Å². The summed E-state index contributed by atoms with van der Waals surface area (Å²) >= 11 is 0. The fourth-order valence-corrected chi connectivity index (χ4v) is 4.27. The maximum absolute atomic E-state index is 12.9. The van der Waals surface area contributed by atoms with E-state index >= 15 is 0 Å². The molecular weight excluding hydrogens is 314 g/mol. The van der Waals surface area contributed by atoms with Crippen molar-refractivity contribution in [2.75, 3.05) is 19.6 Å². The number of hydrogen-bond acceptors (Lipinski definition) is 3. The van der Waals surface area contributed by atoms with Gasteiger partial charge in [-0.15, -0.1) is 0 Å². The van der Waals surface area contributed by atoms with Crippen LogP contribution >= 0.6 is 0 Å². The van der Waals surface area contributed by atoms with Crippen molar-refractivity contribution in [1.29, 1.82) is 0 Å². The highest BCUT2D eigenvalue weighted by molar-refractivity contribution is 5.74. The maximum Gasteiger partial charge on any atom is 0.317 e. The second kappa shape index (κ2) is 7.24. The molecule has 0 unspecified atom stereocenters. The fraction of sp³-hybridized carbons (Fsp3) is 0.650. The molecule has 4 rings (SSSR count). The molecule has 0 aromatic heterocycles. The summed E-state index contributed by atoms with van der Waals surface area (Å²) < 4.78 is 0. The van der Waals surface area contributed by atoms with Crippen molar-refractivity contribution in [2.45, 2.75) is 57.2 Å². The topological polar surface area (TPSA) is 55.8 Å². The molecule has 2 atom stereocenters. The molecule has 2 heterocycles. The van der Waals surface area contributed by atoms with Gasteiger partial charge < -0.3 is 20.2 Å². The van der Waals surface area contributed by atoms with Crippen molar-refractivity contribution in [1.82, 2.24) is 15.1 Å². The number of phenolic OH excluding ortho intramolecular Hbond substituents is 1. The minimum absolute atomic E-state index is 0.0800. The summed E-state index contributed by atoms with van der Waals surface area (Å²) in [4.78, 5) is 17.4. The summed E-state index contributed by atoms with van der Waals surface area (Å²) in [5.74, 6) is 0.935. The number of fused-ring (bicyclic) bond motifs is 1. The maximum atomic E-state index is 12.9. The molecule has 5 nitrogen and oxygen atoms in total. The van der Waals surface area contributed by atoms with Gasteiger partial charge in [-0.3, -0.25) is 0 Å². The van der Waals surface area contributed by atoms with Gasteiger partial charge >= 0.3 is 6.03 Å². The van der Waals surface area contributed by atoms with Crippen LogP contribution in [0.1, 0.15) is 44.1 Å². The molecule has 5 heteroatoms. The normalized spacial score (nSPS) is 26.2. The van der Waals surface area contributed by atoms with E-state index in [0.717, 1.165) is 31.5 Å². The van der Waals surface area contributed by atoms with Crippen molar-refractivity contribution < 1.29 is 9.90 Å². The van der Waals surface area contributed by atoms with Gasteiger partial charge in [-0.1, -0.05) is 12.1 Å². The summed E-state index contributed by atoms with van der Waals surface area (Å²) in [6, 6.07) is 8.26. The first-order valence-electron chi connectivity index (χ1n) is 9.75. The number of aromatic hydroxyl groups is 1. The standard InChI is InChI=1S/C20H29N3O2/c24-19-7-5-16(6-8-19)14-23(13-15-3-4-15)20(25)21-17-9-11-22-10-1-2-18(22)12-17/h5-8,15,17-18,24H,1-4,9-14H2,(H,21,25)/t17-,18+/m1/s1. The molecule has 0 radical (unpaired) electrons. The number of piperidine rings is 1. The van der Waals surface area contributed by atoms with E-state index in [0.29, 0.717) is 24.5 Å². The van der Waals surface area contributed by atoms with Crippen LogP contribution in [-0.2, 0) is 6.54 Å². The van der Waals surface area contributed by atoms with Gasteiger partial charge in [0.25, 0.3) is 0 Å². The van der Waals surface area contributed by atoms with E-state index in [4.69, 9.17) is 0 Å². The first kappa shape index (κ1) is 16.7. The summed E-state index contributed by atoms with van der Waals surface area (Å²) in [5, 5.41) is 12.8. The largest absolute Gasteiger partial charge is 0.508 e. The van der Waals surface area contributed by atoms with Gasteiger partial charge in [0.15, 0.2) is 0 Å². The summed E-state index contributed by atoms with van der Waals surface area (Å²) in [6.07, 6.45) is 7.23. The van der Waals surface area contributed by atoms with Gasteiger partial charge in [-0.2, -0.15) is 0 Å². The van der Waals surface area contributed by atoms with Crippen molar-refractivity contribution >= 4 is 6.03 Å². The third kappa shape index (κ3) is 4.27. The zero-order chi connectivity index (χ0) is 17.2. The van der Waals surface area contributed by atoms with Crippen LogP contribution in [0.2, 0.25) is 0 Å². The number of rotatable bonds is 5. The fourth-order valence-electron chi connectivity index (χ4n) is 4.27. The van der Waals surface area contributed by atoms with Crippen LogP contribution in [0.4, 0.5) is 4.79 Å². The molecule has 1 saturated carbocycles. The number of amides is 2. The molecule has 136 valence electrons. The highest BCUT2D eigenvalue weighted by Gasteiger charge is 2.33. The molecule has 2 saturated heterocycles. The van der Waals surface area contributed by atoms with Crippen LogP contribution < -0.4 is 5.32 Å². The van der Waals surface area contributed by atoms with E-state index in [1.54, 1.807) is 12.1 Å². The average Bonchev–Trinajstić information content (AvgIpc) is 3.30. The number of nitrogens with one attached hydrogen (secondary N) is 1. The molecule has 2 amide bonds. The first-order valence-corrected chi connectivity index (χ1v) is 9.75. The molecule has 2 aliphatic heterocycles. The Labute approximate surface area is 150 Å². The monoisotopic (exact) mass is 343 g/mol. The molecule has 1 aromatic rings. The smallest absolute Gasteiger partial charge is 0.317 e. The van der Waals surface area contributed by atoms with Crippen LogP contribution in [0.3, 0.4) is 0 Å².